The Morgan fingerprint density at radius 1 is 0.415 bits per heavy atom. The van der Waals surface area contributed by atoms with Gasteiger partial charge in [-0.3, -0.25) is 4.79 Å². The van der Waals surface area contributed by atoms with Crippen LogP contribution < -0.4 is 29.3 Å². The Bertz CT molecular complexity index is 2640. The third-order valence-corrected chi connectivity index (χ3v) is 16.4. The van der Waals surface area contributed by atoms with Gasteiger partial charge < -0.3 is 23.4 Å². The smallest absolute Gasteiger partial charge is 0.261 e. The van der Waals surface area contributed by atoms with Gasteiger partial charge in [-0.25, -0.2) is 0 Å². The average molecular weight is 875 g/mol. The third-order valence-electron chi connectivity index (χ3n) is 11.4. The molecule has 0 N–H and O–H groups in total. The van der Waals surface area contributed by atoms with E-state index in [2.05, 4.69) is 69.3 Å². The van der Waals surface area contributed by atoms with E-state index < -0.39 is 8.32 Å². The topological polar surface area (TPSA) is 63.2 Å². The van der Waals surface area contributed by atoms with E-state index >= 15 is 4.79 Å². The molecule has 65 heavy (non-hydrogen) atoms. The van der Waals surface area contributed by atoms with Crippen molar-refractivity contribution in [3.05, 3.63) is 251 Å². The molecule has 0 saturated carbocycles. The normalized spacial score (nSPS) is 11.4. The van der Waals surface area contributed by atoms with Crippen LogP contribution in [-0.4, -0.2) is 14.1 Å². The number of hydrogen-bond donors (Lipinski definition) is 0. The first-order chi connectivity index (χ1) is 31.7. The van der Waals surface area contributed by atoms with Crippen molar-refractivity contribution in [1.82, 2.24) is 0 Å². The molecule has 8 aromatic rings. The lowest BCUT2D eigenvalue weighted by Gasteiger charge is -2.43. The maximum atomic E-state index is 15.6. The summed E-state index contributed by atoms with van der Waals surface area (Å²) >= 11 is 0. The number of carbonyl (C=O) groups excluding carboxylic acids is 1. The Morgan fingerprint density at radius 2 is 0.769 bits per heavy atom. The van der Waals surface area contributed by atoms with Crippen LogP contribution in [-0.2, 0) is 37.5 Å². The summed E-state index contributed by atoms with van der Waals surface area (Å²) in [6.45, 7) is 8.01. The highest BCUT2D eigenvalue weighted by Gasteiger charge is 2.50. The zero-order valence-corrected chi connectivity index (χ0v) is 38.2. The second-order valence-electron chi connectivity index (χ2n) is 17.0. The number of ketones is 1. The summed E-state index contributed by atoms with van der Waals surface area (Å²) in [4.78, 5) is 15.6. The molecular weight excluding hydrogens is 821 g/mol. The summed E-state index contributed by atoms with van der Waals surface area (Å²) < 4.78 is 33.6. The lowest BCUT2D eigenvalue weighted by atomic mass is 9.96. The van der Waals surface area contributed by atoms with Crippen LogP contribution in [0.1, 0.15) is 64.5 Å². The number of ether oxygens (including phenoxy) is 4. The van der Waals surface area contributed by atoms with Crippen molar-refractivity contribution in [3.8, 4) is 23.0 Å². The highest BCUT2D eigenvalue weighted by atomic mass is 28.4. The number of hydrogen-bond acceptors (Lipinski definition) is 6. The Balaban J connectivity index is 1.26. The molecule has 0 aliphatic rings. The van der Waals surface area contributed by atoms with Gasteiger partial charge in [0.15, 0.2) is 5.78 Å². The molecule has 0 bridgehead atoms. The Labute approximate surface area is 384 Å². The van der Waals surface area contributed by atoms with Crippen LogP contribution in [0.15, 0.2) is 212 Å². The summed E-state index contributed by atoms with van der Waals surface area (Å²) in [5.41, 5.74) is 5.37. The zero-order valence-electron chi connectivity index (χ0n) is 37.2. The van der Waals surface area contributed by atoms with E-state index in [1.807, 2.05) is 152 Å². The largest absolute Gasteiger partial charge is 0.489 e. The lowest BCUT2D eigenvalue weighted by Crippen LogP contribution is -2.66. The van der Waals surface area contributed by atoms with E-state index in [0.717, 1.165) is 32.6 Å². The Morgan fingerprint density at radius 3 is 1.15 bits per heavy atom. The maximum absolute atomic E-state index is 15.6. The fourth-order valence-electron chi connectivity index (χ4n) is 8.13. The van der Waals surface area contributed by atoms with Crippen molar-refractivity contribution < 1.29 is 28.2 Å². The quantitative estimate of drug-likeness (QED) is 0.0596. The van der Waals surface area contributed by atoms with E-state index in [9.17, 15) is 0 Å². The van der Waals surface area contributed by atoms with Gasteiger partial charge in [0, 0.05) is 17.7 Å². The molecule has 0 fully saturated rings. The van der Waals surface area contributed by atoms with Gasteiger partial charge in [0.05, 0.1) is 12.2 Å². The van der Waals surface area contributed by atoms with E-state index in [0.29, 0.717) is 59.5 Å². The monoisotopic (exact) mass is 874 g/mol. The molecule has 0 spiro atoms. The molecule has 0 radical (unpaired) electrons. The summed E-state index contributed by atoms with van der Waals surface area (Å²) in [5, 5.41) is 1.95. The molecule has 0 saturated heterocycles. The molecule has 0 unspecified atom stereocenters. The van der Waals surface area contributed by atoms with Gasteiger partial charge in [-0.15, -0.1) is 0 Å². The average Bonchev–Trinajstić information content (AvgIpc) is 3.35. The highest BCUT2D eigenvalue weighted by molar-refractivity contribution is 6.99. The van der Waals surface area contributed by atoms with Gasteiger partial charge in [-0.05, 0) is 61.4 Å². The summed E-state index contributed by atoms with van der Waals surface area (Å²) in [6.07, 6.45) is 0. The van der Waals surface area contributed by atoms with Crippen molar-refractivity contribution in [1.29, 1.82) is 0 Å². The first-order valence-corrected chi connectivity index (χ1v) is 23.9. The first-order valence-electron chi connectivity index (χ1n) is 22.0. The molecule has 326 valence electrons. The fraction of sp³-hybridized carbons (Fsp3) is 0.155. The molecule has 0 aromatic heterocycles. The molecule has 0 heterocycles. The van der Waals surface area contributed by atoms with Crippen molar-refractivity contribution in [3.63, 3.8) is 0 Å². The van der Waals surface area contributed by atoms with Gasteiger partial charge in [-0.1, -0.05) is 203 Å². The number of carbonyl (C=O) groups is 1. The van der Waals surface area contributed by atoms with Gasteiger partial charge in [0.2, 0.25) is 0 Å². The first kappa shape index (κ1) is 44.4. The van der Waals surface area contributed by atoms with Crippen LogP contribution in [0, 0.1) is 0 Å². The molecule has 8 rings (SSSR count). The predicted octanol–water partition coefficient (Wildman–Crippen LogP) is 12.3. The van der Waals surface area contributed by atoms with E-state index in [1.165, 1.54) is 0 Å². The molecule has 7 heteroatoms. The van der Waals surface area contributed by atoms with Crippen molar-refractivity contribution in [2.75, 3.05) is 0 Å². The van der Waals surface area contributed by atoms with E-state index in [1.54, 1.807) is 12.1 Å². The van der Waals surface area contributed by atoms with Gasteiger partial charge in [0.1, 0.15) is 49.4 Å². The SMILES string of the molecule is CC(C)(C)[Si](OCc1cc(OCc2ccccc2)cc(OCc2ccccc2)c1C(=O)c1cc(OCc2ccccc2)cc(OCc2ccccc2)c1)(c1ccccc1)c1ccccc1. The fourth-order valence-corrected chi connectivity index (χ4v) is 12.7. The minimum Gasteiger partial charge on any atom is -0.489 e. The number of benzene rings is 8. The van der Waals surface area contributed by atoms with E-state index in [-0.39, 0.29) is 24.0 Å². The summed E-state index contributed by atoms with van der Waals surface area (Å²) in [7, 11) is -3.08. The van der Waals surface area contributed by atoms with Crippen LogP contribution in [0.4, 0.5) is 0 Å². The second kappa shape index (κ2) is 21.0. The molecule has 0 amide bonds. The molecule has 0 aliphatic carbocycles. The molecule has 0 atom stereocenters. The van der Waals surface area contributed by atoms with Gasteiger partial charge >= 0.3 is 0 Å². The van der Waals surface area contributed by atoms with E-state index in [4.69, 9.17) is 23.4 Å². The lowest BCUT2D eigenvalue weighted by molar-refractivity contribution is 0.103. The van der Waals surface area contributed by atoms with Gasteiger partial charge in [-0.2, -0.15) is 0 Å². The van der Waals surface area contributed by atoms with Crippen molar-refractivity contribution in [2.24, 2.45) is 0 Å². The van der Waals surface area contributed by atoms with Crippen LogP contribution in [0.5, 0.6) is 23.0 Å². The predicted molar refractivity (Wildman–Crippen MR) is 262 cm³/mol. The number of rotatable bonds is 19. The minimum absolute atomic E-state index is 0.0974. The molecule has 8 aromatic carbocycles. The Kier molecular flexibility index (Phi) is 14.3. The maximum Gasteiger partial charge on any atom is 0.261 e. The summed E-state index contributed by atoms with van der Waals surface area (Å²) in [5.74, 6) is 1.68. The highest BCUT2D eigenvalue weighted by Crippen LogP contribution is 2.40. The van der Waals surface area contributed by atoms with Gasteiger partial charge in [0.25, 0.3) is 8.32 Å². The van der Waals surface area contributed by atoms with Crippen molar-refractivity contribution in [2.45, 2.75) is 58.8 Å². The summed E-state index contributed by atoms with van der Waals surface area (Å²) in [6, 6.07) is 70.1. The Hall–Kier alpha value is -7.19. The van der Waals surface area contributed by atoms with Crippen LogP contribution in [0.25, 0.3) is 0 Å². The molecular formula is C58H54O6Si. The standard InChI is InChI=1S/C58H54O6Si/c1-58(2,3)65(53-30-18-8-19-31-53,54-32-20-9-21-33-54)64-43-49-36-52(62-41-46-26-14-6-15-27-46)38-55(63-42-47-28-16-7-17-29-47)56(49)57(59)48-34-50(60-39-44-22-10-4-11-23-44)37-51(35-48)61-40-45-24-12-5-13-25-45/h4-38H,39-43H2,1-3H3. The zero-order chi connectivity index (χ0) is 44.9. The van der Waals surface area contributed by atoms with Crippen LogP contribution in [0.2, 0.25) is 5.04 Å². The third kappa shape index (κ3) is 11.1. The second-order valence-corrected chi connectivity index (χ2v) is 21.3. The van der Waals surface area contributed by atoms with Crippen LogP contribution >= 0.6 is 0 Å². The minimum atomic E-state index is -3.08. The van der Waals surface area contributed by atoms with Crippen molar-refractivity contribution >= 4 is 24.5 Å². The molecule has 6 nitrogen and oxygen atoms in total. The van der Waals surface area contributed by atoms with Crippen LogP contribution in [0.3, 0.4) is 0 Å². The molecule has 0 aliphatic heterocycles.